The first-order chi connectivity index (χ1) is 17.3. The number of ether oxygens (including phenoxy) is 4. The Labute approximate surface area is 209 Å². The lowest BCUT2D eigenvalue weighted by Crippen LogP contribution is -2.60. The van der Waals surface area contributed by atoms with Gasteiger partial charge in [0.25, 0.3) is 0 Å². The number of fused-ring (bicyclic) bond motifs is 8. The Hall–Kier alpha value is -2.44. The Balaban J connectivity index is 1.62. The number of rotatable bonds is 4. The van der Waals surface area contributed by atoms with Gasteiger partial charge in [0.05, 0.1) is 25.9 Å². The first-order valence-corrected chi connectivity index (χ1v) is 12.1. The summed E-state index contributed by atoms with van der Waals surface area (Å²) in [6, 6.07) is 10.4. The first kappa shape index (κ1) is 26.6. The second-order valence-corrected chi connectivity index (χ2v) is 9.28. The molecule has 0 amide bonds. The van der Waals surface area contributed by atoms with E-state index in [2.05, 4.69) is 0 Å². The van der Waals surface area contributed by atoms with E-state index in [-0.39, 0.29) is 17.9 Å². The predicted molar refractivity (Wildman–Crippen MR) is 127 cm³/mol. The highest BCUT2D eigenvalue weighted by atomic mass is 16.7. The van der Waals surface area contributed by atoms with Crippen LogP contribution in [-0.4, -0.2) is 87.3 Å². The van der Waals surface area contributed by atoms with Crippen molar-refractivity contribution >= 4 is 0 Å². The summed E-state index contributed by atoms with van der Waals surface area (Å²) in [5, 5.41) is 61.5. The third kappa shape index (κ3) is 5.92. The molecule has 2 aromatic carbocycles. The maximum atomic E-state index is 11.0. The summed E-state index contributed by atoms with van der Waals surface area (Å²) in [5.41, 5.74) is 1.71. The molecule has 2 aromatic rings. The fourth-order valence-corrected chi connectivity index (χ4v) is 4.57. The molecule has 0 spiro atoms. The van der Waals surface area contributed by atoms with Crippen LogP contribution in [0.4, 0.5) is 0 Å². The Kier molecular flexibility index (Phi) is 8.68. The highest BCUT2D eigenvalue weighted by Crippen LogP contribution is 2.38. The van der Waals surface area contributed by atoms with Crippen LogP contribution in [0.3, 0.4) is 0 Å². The lowest BCUT2D eigenvalue weighted by atomic mass is 9.97. The molecule has 6 N–H and O–H groups in total. The molecule has 198 valence electrons. The van der Waals surface area contributed by atoms with Gasteiger partial charge < -0.3 is 49.6 Å². The van der Waals surface area contributed by atoms with Crippen LogP contribution < -0.4 is 9.47 Å². The molecule has 3 heterocycles. The second kappa shape index (κ2) is 11.7. The molecule has 1 fully saturated rings. The predicted octanol–water partition coefficient (Wildman–Crippen LogP) is 1.01. The molecular formula is C26H34O10. The highest BCUT2D eigenvalue weighted by Gasteiger charge is 2.45. The van der Waals surface area contributed by atoms with E-state index in [9.17, 15) is 30.6 Å². The Bertz CT molecular complexity index is 1010. The summed E-state index contributed by atoms with van der Waals surface area (Å²) in [6.07, 6.45) is -6.19. The number of hydrogen-bond donors (Lipinski definition) is 6. The van der Waals surface area contributed by atoms with Crippen molar-refractivity contribution in [3.63, 3.8) is 0 Å². The van der Waals surface area contributed by atoms with Gasteiger partial charge >= 0.3 is 0 Å². The van der Waals surface area contributed by atoms with Crippen LogP contribution in [0, 0.1) is 0 Å². The van der Waals surface area contributed by atoms with Crippen LogP contribution >= 0.6 is 0 Å². The SMILES string of the molecule is COc1cc2ccc1Oc1cc(ccc1O)CC(OC1OC(CO)C(O)C(O)C1O)C(O)CCCC2. The van der Waals surface area contributed by atoms with E-state index in [1.807, 2.05) is 12.1 Å². The van der Waals surface area contributed by atoms with Crippen LogP contribution in [0.25, 0.3) is 0 Å². The lowest BCUT2D eigenvalue weighted by molar-refractivity contribution is -0.317. The zero-order valence-electron chi connectivity index (χ0n) is 20.1. The maximum absolute atomic E-state index is 11.0. The fourth-order valence-electron chi connectivity index (χ4n) is 4.57. The van der Waals surface area contributed by atoms with E-state index in [1.165, 1.54) is 6.07 Å². The average molecular weight is 507 g/mol. The summed E-state index contributed by atoms with van der Waals surface area (Å²) in [6.45, 7) is -0.583. The number of phenolic OH excluding ortho intramolecular Hbond substituents is 1. The normalized spacial score (nSPS) is 31.2. The minimum atomic E-state index is -1.59. The molecule has 0 saturated carbocycles. The smallest absolute Gasteiger partial charge is 0.187 e. The lowest BCUT2D eigenvalue weighted by Gasteiger charge is -2.41. The molecule has 7 atom stereocenters. The van der Waals surface area contributed by atoms with Crippen molar-refractivity contribution in [3.05, 3.63) is 47.5 Å². The van der Waals surface area contributed by atoms with Crippen LogP contribution in [0.1, 0.15) is 30.4 Å². The largest absolute Gasteiger partial charge is 0.504 e. The number of hydrogen-bond acceptors (Lipinski definition) is 10. The van der Waals surface area contributed by atoms with Crippen LogP contribution in [0.5, 0.6) is 23.0 Å². The minimum Gasteiger partial charge on any atom is -0.504 e. The summed E-state index contributed by atoms with van der Waals surface area (Å²) >= 11 is 0. The number of aliphatic hydroxyl groups excluding tert-OH is 5. The minimum absolute atomic E-state index is 0.0823. The van der Waals surface area contributed by atoms with Crippen molar-refractivity contribution in [2.45, 2.75) is 75.0 Å². The molecular weight excluding hydrogens is 472 g/mol. The molecule has 36 heavy (non-hydrogen) atoms. The van der Waals surface area contributed by atoms with Crippen LogP contribution in [0.2, 0.25) is 0 Å². The first-order valence-electron chi connectivity index (χ1n) is 12.1. The number of phenols is 1. The van der Waals surface area contributed by atoms with Gasteiger partial charge in [-0.1, -0.05) is 18.6 Å². The van der Waals surface area contributed by atoms with E-state index in [4.69, 9.17) is 18.9 Å². The average Bonchev–Trinajstić information content (AvgIpc) is 2.88. The molecule has 3 aliphatic heterocycles. The molecule has 10 nitrogen and oxygen atoms in total. The zero-order valence-corrected chi connectivity index (χ0v) is 20.1. The number of aryl methyl sites for hydroxylation is 1. The van der Waals surface area contributed by atoms with Gasteiger partial charge in [-0.05, 0) is 54.7 Å². The Morgan fingerprint density at radius 2 is 1.69 bits per heavy atom. The third-order valence-corrected chi connectivity index (χ3v) is 6.71. The molecule has 3 aliphatic rings. The van der Waals surface area contributed by atoms with Crippen LogP contribution in [-0.2, 0) is 22.3 Å². The number of aromatic hydroxyl groups is 1. The third-order valence-electron chi connectivity index (χ3n) is 6.71. The van der Waals surface area contributed by atoms with Crippen molar-refractivity contribution in [1.29, 1.82) is 0 Å². The number of benzene rings is 2. The van der Waals surface area contributed by atoms with Gasteiger partial charge in [0, 0.05) is 6.42 Å². The van der Waals surface area contributed by atoms with E-state index in [0.29, 0.717) is 29.9 Å². The van der Waals surface area contributed by atoms with Gasteiger partial charge in [-0.25, -0.2) is 0 Å². The van der Waals surface area contributed by atoms with E-state index < -0.39 is 49.5 Å². The monoisotopic (exact) mass is 506 g/mol. The topological polar surface area (TPSA) is 158 Å². The standard InChI is InChI=1S/C26H34O10/c1-33-21-10-14-4-2-3-5-16(28)20(35-26-25(32)24(31)23(30)22(13-27)36-26)12-15-6-8-17(29)19(11-15)34-18(21)9-7-14/h6-11,16,20,22-32H,2-5,12-13H2,1H3. The molecule has 0 radical (unpaired) electrons. The Morgan fingerprint density at radius 3 is 2.44 bits per heavy atom. The molecule has 4 bridgehead atoms. The number of aliphatic hydroxyl groups is 5. The summed E-state index contributed by atoms with van der Waals surface area (Å²) in [7, 11) is 1.55. The number of methoxy groups -OCH3 is 1. The van der Waals surface area contributed by atoms with Gasteiger partial charge in [0.1, 0.15) is 24.4 Å². The van der Waals surface area contributed by atoms with Gasteiger partial charge in [-0.2, -0.15) is 0 Å². The van der Waals surface area contributed by atoms with E-state index in [0.717, 1.165) is 18.4 Å². The van der Waals surface area contributed by atoms with Gasteiger partial charge in [-0.3, -0.25) is 0 Å². The molecule has 7 unspecified atom stereocenters. The molecule has 0 aromatic heterocycles. The van der Waals surface area contributed by atoms with Crippen molar-refractivity contribution in [2.75, 3.05) is 13.7 Å². The Morgan fingerprint density at radius 1 is 0.917 bits per heavy atom. The van der Waals surface area contributed by atoms with Gasteiger partial charge in [0.2, 0.25) is 0 Å². The highest BCUT2D eigenvalue weighted by molar-refractivity contribution is 5.49. The molecule has 5 rings (SSSR count). The van der Waals surface area contributed by atoms with Crippen molar-refractivity contribution < 1.29 is 49.6 Å². The van der Waals surface area contributed by atoms with Crippen molar-refractivity contribution in [2.24, 2.45) is 0 Å². The van der Waals surface area contributed by atoms with E-state index >= 15 is 0 Å². The van der Waals surface area contributed by atoms with Gasteiger partial charge in [-0.15, -0.1) is 0 Å². The van der Waals surface area contributed by atoms with Crippen molar-refractivity contribution in [3.8, 4) is 23.0 Å². The molecule has 1 saturated heterocycles. The summed E-state index contributed by atoms with van der Waals surface area (Å²) in [5.74, 6) is 1.09. The zero-order chi connectivity index (χ0) is 25.8. The van der Waals surface area contributed by atoms with Gasteiger partial charge in [0.15, 0.2) is 29.3 Å². The molecule has 0 aliphatic carbocycles. The quantitative estimate of drug-likeness (QED) is 0.353. The van der Waals surface area contributed by atoms with Crippen molar-refractivity contribution in [1.82, 2.24) is 0 Å². The summed E-state index contributed by atoms with van der Waals surface area (Å²) in [4.78, 5) is 0. The molecule has 10 heteroatoms. The van der Waals surface area contributed by atoms with Crippen LogP contribution in [0.15, 0.2) is 36.4 Å². The second-order valence-electron chi connectivity index (χ2n) is 9.28. The fraction of sp³-hybridized carbons (Fsp3) is 0.538. The maximum Gasteiger partial charge on any atom is 0.187 e. The summed E-state index contributed by atoms with van der Waals surface area (Å²) < 4.78 is 22.9. The van der Waals surface area contributed by atoms with E-state index in [1.54, 1.807) is 25.3 Å².